The lowest BCUT2D eigenvalue weighted by molar-refractivity contribution is -0.154. The second kappa shape index (κ2) is 16.0. The quantitative estimate of drug-likeness (QED) is 0.166. The first-order valence-corrected chi connectivity index (χ1v) is 20.6. The highest BCUT2D eigenvalue weighted by molar-refractivity contribution is 6.38. The van der Waals surface area contributed by atoms with E-state index in [1.165, 1.54) is 4.90 Å². The molecule has 3 amide bonds. The molecule has 0 N–H and O–H groups in total. The van der Waals surface area contributed by atoms with Crippen molar-refractivity contribution in [2.75, 3.05) is 13.1 Å². The van der Waals surface area contributed by atoms with Crippen LogP contribution in [0.25, 0.3) is 0 Å². The smallest absolute Gasteiger partial charge is 0.248 e. The number of carbonyl (C=O) groups excluding carboxylic acids is 7. The summed E-state index contributed by atoms with van der Waals surface area (Å²) in [5.74, 6) is -7.84. The molecule has 2 aliphatic carbocycles. The van der Waals surface area contributed by atoms with E-state index in [0.717, 1.165) is 12.8 Å². The van der Waals surface area contributed by atoms with Gasteiger partial charge in [-0.3, -0.25) is 38.5 Å². The zero-order valence-corrected chi connectivity index (χ0v) is 33.8. The number of piperidine rings is 2. The van der Waals surface area contributed by atoms with Gasteiger partial charge >= 0.3 is 0 Å². The molecule has 0 aromatic carbocycles. The SMILES string of the molecule is CC1(C)CC(=O)N(C[C@@H](CC(=O)C[C@H]2CCCCCCC(F)(F)CC[C@@H](C(=O)C(=O)CC3CC3)CC(=O)[C@@H]3[C@@H]4[C@H](CN3C2=O)C4(C)C)C(C)(C)C)C(=O)C1. The molecule has 9 nitrogen and oxygen atoms in total. The fourth-order valence-corrected chi connectivity index (χ4v) is 9.58. The van der Waals surface area contributed by atoms with Gasteiger partial charge < -0.3 is 4.90 Å². The molecule has 54 heavy (non-hydrogen) atoms. The van der Waals surface area contributed by atoms with E-state index in [9.17, 15) is 33.6 Å². The number of fused-ring (bicyclic) bond motifs is 3. The van der Waals surface area contributed by atoms with E-state index in [1.54, 1.807) is 4.90 Å². The third-order valence-electron chi connectivity index (χ3n) is 13.6. The van der Waals surface area contributed by atoms with Crippen LogP contribution in [0.4, 0.5) is 8.78 Å². The maximum Gasteiger partial charge on any atom is 0.248 e. The van der Waals surface area contributed by atoms with Crippen molar-refractivity contribution in [1.29, 1.82) is 0 Å². The molecule has 3 saturated heterocycles. The average Bonchev–Trinajstić information content (AvgIpc) is 3.90. The molecule has 11 heteroatoms. The van der Waals surface area contributed by atoms with Crippen molar-refractivity contribution in [2.24, 2.45) is 51.8 Å². The zero-order valence-electron chi connectivity index (χ0n) is 33.8. The third-order valence-corrected chi connectivity index (χ3v) is 13.6. The molecule has 0 bridgehead atoms. The summed E-state index contributed by atoms with van der Waals surface area (Å²) in [5, 5.41) is 0. The van der Waals surface area contributed by atoms with Gasteiger partial charge in [0.05, 0.1) is 6.04 Å². The van der Waals surface area contributed by atoms with Gasteiger partial charge in [0, 0.05) is 76.3 Å². The van der Waals surface area contributed by atoms with E-state index in [0.29, 0.717) is 32.2 Å². The number of carbonyl (C=O) groups is 7. The summed E-state index contributed by atoms with van der Waals surface area (Å²) in [5.41, 5.74) is -1.07. The highest BCUT2D eigenvalue weighted by atomic mass is 19.3. The minimum Gasteiger partial charge on any atom is -0.332 e. The van der Waals surface area contributed by atoms with E-state index in [-0.39, 0.29) is 123 Å². The lowest BCUT2D eigenvalue weighted by atomic mass is 9.75. The second-order valence-corrected chi connectivity index (χ2v) is 20.2. The largest absolute Gasteiger partial charge is 0.332 e. The maximum absolute atomic E-state index is 15.1. The van der Waals surface area contributed by atoms with Gasteiger partial charge in [-0.05, 0) is 72.0 Å². The number of ketones is 4. The van der Waals surface area contributed by atoms with Gasteiger partial charge in [0.15, 0.2) is 11.6 Å². The number of halogens is 2. The Labute approximate surface area is 320 Å². The molecule has 0 radical (unpaired) electrons. The first kappa shape index (κ1) is 42.3. The lowest BCUT2D eigenvalue weighted by Crippen LogP contribution is -2.50. The number of Topliss-reactive ketones (excluding diaryl/α,β-unsaturated/α-hetero) is 4. The molecule has 3 heterocycles. The highest BCUT2D eigenvalue weighted by Crippen LogP contribution is 2.65. The zero-order chi connectivity index (χ0) is 40.0. The number of likely N-dealkylation sites (tertiary alicyclic amines) is 1. The Hall–Kier alpha value is -2.85. The minimum absolute atomic E-state index is 0.0543. The van der Waals surface area contributed by atoms with E-state index in [1.807, 2.05) is 48.5 Å². The highest BCUT2D eigenvalue weighted by Gasteiger charge is 2.69. The van der Waals surface area contributed by atoms with Crippen molar-refractivity contribution in [1.82, 2.24) is 9.80 Å². The molecule has 0 aromatic heterocycles. The molecule has 0 spiro atoms. The predicted molar refractivity (Wildman–Crippen MR) is 199 cm³/mol. The topological polar surface area (TPSA) is 126 Å². The number of nitrogens with zero attached hydrogens (tertiary/aromatic N) is 2. The van der Waals surface area contributed by atoms with Crippen molar-refractivity contribution in [3.63, 3.8) is 0 Å². The Morgan fingerprint density at radius 3 is 2.07 bits per heavy atom. The summed E-state index contributed by atoms with van der Waals surface area (Å²) in [7, 11) is 0. The molecule has 0 unspecified atom stereocenters. The Morgan fingerprint density at radius 2 is 1.46 bits per heavy atom. The normalized spacial score (nSPS) is 31.1. The van der Waals surface area contributed by atoms with Gasteiger partial charge in [-0.2, -0.15) is 0 Å². The van der Waals surface area contributed by atoms with Crippen molar-refractivity contribution in [3.05, 3.63) is 0 Å². The van der Waals surface area contributed by atoms with Crippen LogP contribution in [-0.4, -0.2) is 75.7 Å². The molecule has 0 aromatic rings. The number of hydrogen-bond donors (Lipinski definition) is 0. The van der Waals surface area contributed by atoms with Gasteiger partial charge in [0.25, 0.3) is 0 Å². The van der Waals surface area contributed by atoms with Crippen LogP contribution in [-0.2, 0) is 33.6 Å². The summed E-state index contributed by atoms with van der Waals surface area (Å²) in [4.78, 5) is 98.2. The second-order valence-electron chi connectivity index (χ2n) is 20.2. The summed E-state index contributed by atoms with van der Waals surface area (Å²) in [6.45, 7) is 14.3. The van der Waals surface area contributed by atoms with Crippen LogP contribution < -0.4 is 0 Å². The average molecular weight is 759 g/mol. The van der Waals surface area contributed by atoms with Gasteiger partial charge in [0.2, 0.25) is 29.4 Å². The molecule has 5 aliphatic rings. The van der Waals surface area contributed by atoms with Gasteiger partial charge in [0.1, 0.15) is 5.78 Å². The van der Waals surface area contributed by atoms with Crippen molar-refractivity contribution >= 4 is 40.9 Å². The molecule has 3 aliphatic heterocycles. The molecular weight excluding hydrogens is 694 g/mol. The van der Waals surface area contributed by atoms with Gasteiger partial charge in [-0.25, -0.2) is 8.78 Å². The summed E-state index contributed by atoms with van der Waals surface area (Å²) < 4.78 is 30.2. The van der Waals surface area contributed by atoms with Gasteiger partial charge in [-0.15, -0.1) is 0 Å². The fourth-order valence-electron chi connectivity index (χ4n) is 9.58. The van der Waals surface area contributed by atoms with E-state index >= 15 is 8.78 Å². The molecule has 5 rings (SSSR count). The Bertz CT molecular complexity index is 1490. The Morgan fingerprint density at radius 1 is 0.833 bits per heavy atom. The first-order valence-electron chi connectivity index (χ1n) is 20.6. The molecule has 302 valence electrons. The number of alkyl halides is 2. The third kappa shape index (κ3) is 10.1. The summed E-state index contributed by atoms with van der Waals surface area (Å²) >= 11 is 0. The standard InChI is InChI=1S/C43H64F2N2O7/c1-40(2,3)29(24-46-34(51)22-41(4,5)23-35(46)52)21-30(48)19-28-12-10-8-9-11-16-43(44,45)17-15-27(38(53)33(50)18-26-13-14-26)20-32(49)37-36-31(42(36,6)7)25-47(37)39(28)54/h26-29,31,36-37H,8-25H2,1-7H3/t27-,28-,29-,31+,36+,37-/m1/s1. The van der Waals surface area contributed by atoms with Crippen molar-refractivity contribution in [3.8, 4) is 0 Å². The number of hydrogen-bond acceptors (Lipinski definition) is 7. The predicted octanol–water partition coefficient (Wildman–Crippen LogP) is 7.56. The molecule has 6 atom stereocenters. The number of rotatable bonds is 10. The van der Waals surface area contributed by atoms with Crippen LogP contribution in [0.5, 0.6) is 0 Å². The molecular formula is C43H64F2N2O7. The maximum atomic E-state index is 15.1. The monoisotopic (exact) mass is 758 g/mol. The van der Waals surface area contributed by atoms with E-state index in [2.05, 4.69) is 0 Å². The van der Waals surface area contributed by atoms with E-state index < -0.39 is 52.6 Å². The lowest BCUT2D eigenvalue weighted by Gasteiger charge is -2.39. The molecule has 5 fully saturated rings. The van der Waals surface area contributed by atoms with Crippen LogP contribution in [0.3, 0.4) is 0 Å². The molecule has 2 saturated carbocycles. The van der Waals surface area contributed by atoms with Crippen LogP contribution in [0.15, 0.2) is 0 Å². The van der Waals surface area contributed by atoms with Crippen LogP contribution in [0, 0.1) is 51.8 Å². The Balaban J connectivity index is 1.36. The van der Waals surface area contributed by atoms with Gasteiger partial charge in [-0.1, -0.05) is 67.7 Å². The summed E-state index contributed by atoms with van der Waals surface area (Å²) in [6, 6.07) is -0.847. The Kier molecular flexibility index (Phi) is 12.5. The van der Waals surface area contributed by atoms with Crippen LogP contribution >= 0.6 is 0 Å². The van der Waals surface area contributed by atoms with E-state index in [4.69, 9.17) is 0 Å². The van der Waals surface area contributed by atoms with Crippen LogP contribution in [0.2, 0.25) is 0 Å². The fraction of sp³-hybridized carbons (Fsp3) is 0.837. The van der Waals surface area contributed by atoms with Crippen molar-refractivity contribution in [2.45, 2.75) is 163 Å². The number of imide groups is 1. The van der Waals surface area contributed by atoms with Crippen molar-refractivity contribution < 1.29 is 42.3 Å². The number of amides is 3. The first-order chi connectivity index (χ1) is 25.0. The summed E-state index contributed by atoms with van der Waals surface area (Å²) in [6.07, 6.45) is 3.06. The minimum atomic E-state index is -3.03. The van der Waals surface area contributed by atoms with Crippen LogP contribution in [0.1, 0.15) is 151 Å².